The van der Waals surface area contributed by atoms with Crippen molar-refractivity contribution in [3.8, 4) is 11.6 Å². The quantitative estimate of drug-likeness (QED) is 0.618. The standard InChI is InChI=1S/C13H6ClF3N2O2/c14-11-5-8(13(15,16)17)6-18-12(11)21-10-3-1-9(2-4-10)19-7-20/h1-6H. The molecule has 0 saturated carbocycles. The Balaban J connectivity index is 2.21. The summed E-state index contributed by atoms with van der Waals surface area (Å²) in [7, 11) is 0. The third kappa shape index (κ3) is 3.81. The SMILES string of the molecule is O=C=Nc1ccc(Oc2ncc(C(F)(F)F)cc2Cl)cc1. The van der Waals surface area contributed by atoms with Crippen molar-refractivity contribution in [3.05, 3.63) is 47.1 Å². The maximum Gasteiger partial charge on any atom is 0.417 e. The zero-order chi connectivity index (χ0) is 15.5. The molecule has 2 rings (SSSR count). The van der Waals surface area contributed by atoms with Gasteiger partial charge in [0.2, 0.25) is 12.0 Å². The van der Waals surface area contributed by atoms with E-state index >= 15 is 0 Å². The number of halogens is 4. The molecule has 0 radical (unpaired) electrons. The lowest BCUT2D eigenvalue weighted by Crippen LogP contribution is -2.05. The maximum absolute atomic E-state index is 12.5. The second-order valence-corrected chi connectivity index (χ2v) is 4.21. The predicted octanol–water partition coefficient (Wildman–Crippen LogP) is 4.51. The molecule has 0 aliphatic rings. The number of rotatable bonds is 3. The number of benzene rings is 1. The van der Waals surface area contributed by atoms with E-state index in [4.69, 9.17) is 16.3 Å². The van der Waals surface area contributed by atoms with Crippen LogP contribution in [0.15, 0.2) is 41.5 Å². The van der Waals surface area contributed by atoms with Crippen LogP contribution >= 0.6 is 11.6 Å². The number of nitrogens with zero attached hydrogens (tertiary/aromatic N) is 2. The van der Waals surface area contributed by atoms with Gasteiger partial charge in [0.25, 0.3) is 0 Å². The summed E-state index contributed by atoms with van der Waals surface area (Å²) >= 11 is 5.71. The summed E-state index contributed by atoms with van der Waals surface area (Å²) in [4.78, 5) is 17.0. The third-order valence-corrected chi connectivity index (χ3v) is 2.63. The summed E-state index contributed by atoms with van der Waals surface area (Å²) in [6.07, 6.45) is -2.52. The number of aliphatic imine (C=N–C) groups is 1. The molecule has 0 spiro atoms. The monoisotopic (exact) mass is 314 g/mol. The maximum atomic E-state index is 12.5. The van der Waals surface area contributed by atoms with Gasteiger partial charge in [0, 0.05) is 6.20 Å². The molecular formula is C13H6ClF3N2O2. The van der Waals surface area contributed by atoms with E-state index in [9.17, 15) is 18.0 Å². The lowest BCUT2D eigenvalue weighted by atomic mass is 10.3. The molecule has 0 fully saturated rings. The lowest BCUT2D eigenvalue weighted by molar-refractivity contribution is -0.137. The molecule has 1 aromatic carbocycles. The Morgan fingerprint density at radius 2 is 1.90 bits per heavy atom. The number of alkyl halides is 3. The molecule has 2 aromatic rings. The molecule has 0 amide bonds. The van der Waals surface area contributed by atoms with Crippen molar-refractivity contribution in [3.63, 3.8) is 0 Å². The van der Waals surface area contributed by atoms with Crippen molar-refractivity contribution in [1.82, 2.24) is 4.98 Å². The molecule has 1 heterocycles. The molecule has 21 heavy (non-hydrogen) atoms. The average molecular weight is 315 g/mol. The first-order valence-electron chi connectivity index (χ1n) is 5.48. The number of carbonyl (C=O) groups excluding carboxylic acids is 1. The van der Waals surface area contributed by atoms with Crippen LogP contribution in [0.5, 0.6) is 11.6 Å². The Bertz CT molecular complexity index is 696. The van der Waals surface area contributed by atoms with Crippen LogP contribution in [0.1, 0.15) is 5.56 Å². The van der Waals surface area contributed by atoms with E-state index in [1.54, 1.807) is 0 Å². The summed E-state index contributed by atoms with van der Waals surface area (Å²) in [6.45, 7) is 0. The number of pyridine rings is 1. The van der Waals surface area contributed by atoms with Crippen LogP contribution in [0.3, 0.4) is 0 Å². The van der Waals surface area contributed by atoms with E-state index in [0.29, 0.717) is 11.9 Å². The second kappa shape index (κ2) is 5.95. The highest BCUT2D eigenvalue weighted by molar-refractivity contribution is 6.31. The molecular weight excluding hydrogens is 309 g/mol. The van der Waals surface area contributed by atoms with E-state index in [2.05, 4.69) is 9.98 Å². The molecule has 1 aromatic heterocycles. The first-order chi connectivity index (χ1) is 9.90. The Morgan fingerprint density at radius 1 is 1.24 bits per heavy atom. The first-order valence-corrected chi connectivity index (χ1v) is 5.86. The number of isocyanates is 1. The van der Waals surface area contributed by atoms with Crippen LogP contribution in [0.25, 0.3) is 0 Å². The topological polar surface area (TPSA) is 51.5 Å². The minimum atomic E-state index is -4.52. The fourth-order valence-electron chi connectivity index (χ4n) is 1.41. The Labute approximate surface area is 121 Å². The van der Waals surface area contributed by atoms with Crippen molar-refractivity contribution in [2.45, 2.75) is 6.18 Å². The highest BCUT2D eigenvalue weighted by Crippen LogP contribution is 2.34. The number of hydrogen-bond acceptors (Lipinski definition) is 4. The fraction of sp³-hybridized carbons (Fsp3) is 0.0769. The lowest BCUT2D eigenvalue weighted by Gasteiger charge is -2.10. The summed E-state index contributed by atoms with van der Waals surface area (Å²) in [5.41, 5.74) is -0.598. The average Bonchev–Trinajstić information content (AvgIpc) is 2.42. The van der Waals surface area contributed by atoms with Gasteiger partial charge in [-0.2, -0.15) is 18.2 Å². The van der Waals surface area contributed by atoms with Crippen LogP contribution in [-0.4, -0.2) is 11.1 Å². The zero-order valence-electron chi connectivity index (χ0n) is 10.2. The van der Waals surface area contributed by atoms with Crippen LogP contribution in [-0.2, 0) is 11.0 Å². The van der Waals surface area contributed by atoms with Crippen LogP contribution in [0, 0.1) is 0 Å². The molecule has 0 saturated heterocycles. The van der Waals surface area contributed by atoms with E-state index in [-0.39, 0.29) is 16.7 Å². The Morgan fingerprint density at radius 3 is 2.43 bits per heavy atom. The van der Waals surface area contributed by atoms with Crippen molar-refractivity contribution in [2.75, 3.05) is 0 Å². The van der Waals surface area contributed by atoms with Crippen molar-refractivity contribution >= 4 is 23.4 Å². The number of hydrogen-bond donors (Lipinski definition) is 0. The fourth-order valence-corrected chi connectivity index (χ4v) is 1.61. The van der Waals surface area contributed by atoms with Gasteiger partial charge in [-0.05, 0) is 30.3 Å². The van der Waals surface area contributed by atoms with Gasteiger partial charge in [-0.1, -0.05) is 11.6 Å². The molecule has 0 aliphatic heterocycles. The van der Waals surface area contributed by atoms with Gasteiger partial charge in [-0.15, -0.1) is 0 Å². The van der Waals surface area contributed by atoms with E-state index < -0.39 is 11.7 Å². The summed E-state index contributed by atoms with van der Waals surface area (Å²) < 4.78 is 42.6. The van der Waals surface area contributed by atoms with Crippen molar-refractivity contribution in [2.24, 2.45) is 4.99 Å². The van der Waals surface area contributed by atoms with Gasteiger partial charge >= 0.3 is 6.18 Å². The van der Waals surface area contributed by atoms with Crippen molar-refractivity contribution < 1.29 is 22.7 Å². The molecule has 108 valence electrons. The zero-order valence-corrected chi connectivity index (χ0v) is 10.9. The first kappa shape index (κ1) is 15.0. The molecule has 0 N–H and O–H groups in total. The molecule has 0 unspecified atom stereocenters. The van der Waals surface area contributed by atoms with Crippen LogP contribution in [0.2, 0.25) is 5.02 Å². The van der Waals surface area contributed by atoms with E-state index in [1.807, 2.05) is 0 Å². The largest absolute Gasteiger partial charge is 0.438 e. The number of aromatic nitrogens is 1. The second-order valence-electron chi connectivity index (χ2n) is 3.81. The van der Waals surface area contributed by atoms with Gasteiger partial charge in [-0.3, -0.25) is 0 Å². The normalized spacial score (nSPS) is 10.9. The van der Waals surface area contributed by atoms with E-state index in [0.717, 1.165) is 6.07 Å². The predicted molar refractivity (Wildman–Crippen MR) is 68.5 cm³/mol. The third-order valence-electron chi connectivity index (χ3n) is 2.36. The summed E-state index contributed by atoms with van der Waals surface area (Å²) in [5, 5.41) is -0.264. The van der Waals surface area contributed by atoms with E-state index in [1.165, 1.54) is 30.3 Å². The molecule has 8 heteroatoms. The van der Waals surface area contributed by atoms with Gasteiger partial charge < -0.3 is 4.74 Å². The Hall–Kier alpha value is -2.37. The van der Waals surface area contributed by atoms with Crippen LogP contribution < -0.4 is 4.74 Å². The highest BCUT2D eigenvalue weighted by atomic mass is 35.5. The van der Waals surface area contributed by atoms with Gasteiger partial charge in [0.15, 0.2) is 0 Å². The molecule has 0 atom stereocenters. The van der Waals surface area contributed by atoms with Crippen LogP contribution in [0.4, 0.5) is 18.9 Å². The minimum Gasteiger partial charge on any atom is -0.438 e. The van der Waals surface area contributed by atoms with Crippen molar-refractivity contribution in [1.29, 1.82) is 0 Å². The Kier molecular flexibility index (Phi) is 4.26. The summed E-state index contributed by atoms with van der Waals surface area (Å²) in [5.74, 6) is 0.130. The molecule has 0 bridgehead atoms. The van der Waals surface area contributed by atoms with Gasteiger partial charge in [0.05, 0.1) is 11.3 Å². The number of ether oxygens (including phenoxy) is 1. The molecule has 0 aliphatic carbocycles. The van der Waals surface area contributed by atoms with Gasteiger partial charge in [-0.25, -0.2) is 9.78 Å². The summed E-state index contributed by atoms with van der Waals surface area (Å²) in [6, 6.07) is 6.60. The minimum absolute atomic E-state index is 0.156. The highest BCUT2D eigenvalue weighted by Gasteiger charge is 2.31. The van der Waals surface area contributed by atoms with Gasteiger partial charge in [0.1, 0.15) is 10.8 Å². The molecule has 4 nitrogen and oxygen atoms in total. The smallest absolute Gasteiger partial charge is 0.417 e.